The Labute approximate surface area is 73.5 Å². The highest BCUT2D eigenvalue weighted by Gasteiger charge is 2.13. The molecule has 62 valence electrons. The zero-order valence-electron chi connectivity index (χ0n) is 7.59. The Morgan fingerprint density at radius 3 is 2.83 bits per heavy atom. The fourth-order valence-electron chi connectivity index (χ4n) is 1.22. The molecule has 1 nitrogen and oxygen atoms in total. The Morgan fingerprint density at radius 2 is 2.25 bits per heavy atom. The second-order valence-electron chi connectivity index (χ2n) is 2.94. The third-order valence-corrected chi connectivity index (χ3v) is 1.91. The summed E-state index contributed by atoms with van der Waals surface area (Å²) in [6, 6.07) is 0.0486. The molecule has 1 aliphatic heterocycles. The topological polar surface area (TPSA) is 12.4 Å². The molecule has 1 unspecified atom stereocenters. The Morgan fingerprint density at radius 1 is 1.58 bits per heavy atom. The summed E-state index contributed by atoms with van der Waals surface area (Å²) in [6.07, 6.45) is 3.87. The molecule has 0 aromatic heterocycles. The van der Waals surface area contributed by atoms with Crippen LogP contribution in [0.2, 0.25) is 0 Å². The van der Waals surface area contributed by atoms with Gasteiger partial charge in [0.2, 0.25) is 0 Å². The molecule has 1 atom stereocenters. The minimum atomic E-state index is 0.0486. The van der Waals surface area contributed by atoms with Crippen LogP contribution < -0.4 is 0 Å². The van der Waals surface area contributed by atoms with Gasteiger partial charge in [-0.1, -0.05) is 13.2 Å². The van der Waals surface area contributed by atoms with E-state index in [0.29, 0.717) is 0 Å². The van der Waals surface area contributed by atoms with Gasteiger partial charge in [-0.2, -0.15) is 0 Å². The summed E-state index contributed by atoms with van der Waals surface area (Å²) >= 11 is 0. The van der Waals surface area contributed by atoms with Gasteiger partial charge >= 0.3 is 0 Å². The van der Waals surface area contributed by atoms with E-state index in [4.69, 9.17) is 0 Å². The lowest BCUT2D eigenvalue weighted by Crippen LogP contribution is -2.12. The maximum atomic E-state index is 4.39. The largest absolute Gasteiger partial charge is 0.277 e. The van der Waals surface area contributed by atoms with Crippen LogP contribution in [0.15, 0.2) is 47.2 Å². The van der Waals surface area contributed by atoms with Gasteiger partial charge in [0.1, 0.15) is 6.04 Å². The summed E-state index contributed by atoms with van der Waals surface area (Å²) in [7, 11) is 0. The third-order valence-electron chi connectivity index (χ3n) is 1.91. The normalized spacial score (nSPS) is 22.5. The van der Waals surface area contributed by atoms with E-state index in [9.17, 15) is 0 Å². The van der Waals surface area contributed by atoms with Crippen LogP contribution >= 0.6 is 0 Å². The Bertz CT molecular complexity index is 312. The van der Waals surface area contributed by atoms with Crippen molar-refractivity contribution in [2.75, 3.05) is 0 Å². The van der Waals surface area contributed by atoms with Crippen molar-refractivity contribution in [1.82, 2.24) is 0 Å². The van der Waals surface area contributed by atoms with Gasteiger partial charge in [-0.25, -0.2) is 0 Å². The van der Waals surface area contributed by atoms with Crippen LogP contribution in [-0.4, -0.2) is 11.8 Å². The van der Waals surface area contributed by atoms with Crippen molar-refractivity contribution in [2.24, 2.45) is 4.99 Å². The van der Waals surface area contributed by atoms with Crippen molar-refractivity contribution in [1.29, 1.82) is 0 Å². The molecule has 0 N–H and O–H groups in total. The van der Waals surface area contributed by atoms with Crippen LogP contribution in [0.25, 0.3) is 0 Å². The Hall–Kier alpha value is -1.33. The van der Waals surface area contributed by atoms with Gasteiger partial charge in [0.25, 0.3) is 0 Å². The first kappa shape index (κ1) is 8.76. The molecule has 0 fully saturated rings. The number of hydrogen-bond acceptors (Lipinski definition) is 1. The van der Waals surface area contributed by atoms with E-state index in [-0.39, 0.29) is 6.04 Å². The predicted octanol–water partition coefficient (Wildman–Crippen LogP) is 2.67. The third kappa shape index (κ3) is 1.63. The molecular formula is C11H13N. The maximum absolute atomic E-state index is 4.39. The number of rotatable bonds is 1. The first-order valence-corrected chi connectivity index (χ1v) is 3.93. The molecule has 0 aromatic rings. The molecule has 0 aliphatic carbocycles. The zero-order chi connectivity index (χ0) is 9.14. The highest BCUT2D eigenvalue weighted by molar-refractivity contribution is 5.95. The molecule has 1 aliphatic rings. The standard InChI is InChI=1S/C11H13N/c1-5-6-11-10(4)8(2)7-9(3)12-11/h6-7,11H,1,4H2,2-3H3. The molecule has 0 radical (unpaired) electrons. The lowest BCUT2D eigenvalue weighted by atomic mass is 9.97. The van der Waals surface area contributed by atoms with E-state index < -0.39 is 0 Å². The SMILES string of the molecule is C=C=CC1N=C(C)C=C(C)C1=C. The van der Waals surface area contributed by atoms with E-state index in [1.807, 2.05) is 26.0 Å². The molecule has 12 heavy (non-hydrogen) atoms. The van der Waals surface area contributed by atoms with E-state index in [0.717, 1.165) is 11.3 Å². The summed E-state index contributed by atoms with van der Waals surface area (Å²) in [5.41, 5.74) is 6.01. The molecule has 0 aromatic carbocycles. The number of nitrogens with zero attached hydrogens (tertiary/aromatic N) is 1. The summed E-state index contributed by atoms with van der Waals surface area (Å²) in [4.78, 5) is 4.39. The van der Waals surface area contributed by atoms with Crippen LogP contribution in [0.3, 0.4) is 0 Å². The van der Waals surface area contributed by atoms with Crippen LogP contribution in [0.4, 0.5) is 0 Å². The summed E-state index contributed by atoms with van der Waals surface area (Å²) in [6.45, 7) is 11.5. The Kier molecular flexibility index (Phi) is 2.47. The number of allylic oxidation sites excluding steroid dienone is 1. The fraction of sp³-hybridized carbons (Fsp3) is 0.273. The van der Waals surface area contributed by atoms with Crippen LogP contribution in [0, 0.1) is 0 Å². The molecule has 0 saturated heterocycles. The lowest BCUT2D eigenvalue weighted by molar-refractivity contribution is 0.950. The van der Waals surface area contributed by atoms with Gasteiger partial charge in [-0.15, -0.1) is 5.73 Å². The minimum absolute atomic E-state index is 0.0486. The molecule has 0 bridgehead atoms. The first-order chi connectivity index (χ1) is 5.65. The smallest absolute Gasteiger partial charge is 0.100 e. The van der Waals surface area contributed by atoms with Crippen molar-refractivity contribution in [3.8, 4) is 0 Å². The van der Waals surface area contributed by atoms with Crippen LogP contribution in [0.1, 0.15) is 13.8 Å². The monoisotopic (exact) mass is 159 g/mol. The molecule has 0 saturated carbocycles. The molecular weight excluding hydrogens is 146 g/mol. The number of dihydropyridines is 1. The van der Waals surface area contributed by atoms with Crippen LogP contribution in [0.5, 0.6) is 0 Å². The highest BCUT2D eigenvalue weighted by atomic mass is 14.8. The van der Waals surface area contributed by atoms with Crippen molar-refractivity contribution in [2.45, 2.75) is 19.9 Å². The van der Waals surface area contributed by atoms with Gasteiger partial charge in [0, 0.05) is 5.71 Å². The van der Waals surface area contributed by atoms with Crippen molar-refractivity contribution < 1.29 is 0 Å². The molecule has 0 spiro atoms. The fourth-order valence-corrected chi connectivity index (χ4v) is 1.22. The van der Waals surface area contributed by atoms with E-state index >= 15 is 0 Å². The van der Waals surface area contributed by atoms with Gasteiger partial charge < -0.3 is 0 Å². The second kappa shape index (κ2) is 3.38. The van der Waals surface area contributed by atoms with E-state index in [1.165, 1.54) is 5.57 Å². The quantitative estimate of drug-likeness (QED) is 0.521. The second-order valence-corrected chi connectivity index (χ2v) is 2.94. The summed E-state index contributed by atoms with van der Waals surface area (Å²) in [5.74, 6) is 0. The Balaban J connectivity index is 3.01. The van der Waals surface area contributed by atoms with Gasteiger partial charge in [-0.3, -0.25) is 4.99 Å². The van der Waals surface area contributed by atoms with E-state index in [2.05, 4.69) is 23.9 Å². The zero-order valence-corrected chi connectivity index (χ0v) is 7.59. The molecule has 1 heteroatoms. The molecule has 0 amide bonds. The average molecular weight is 159 g/mol. The van der Waals surface area contributed by atoms with Crippen LogP contribution in [-0.2, 0) is 0 Å². The van der Waals surface area contributed by atoms with Crippen molar-refractivity contribution in [3.63, 3.8) is 0 Å². The highest BCUT2D eigenvalue weighted by Crippen LogP contribution is 2.20. The van der Waals surface area contributed by atoms with E-state index in [1.54, 1.807) is 0 Å². The molecule has 1 rings (SSSR count). The van der Waals surface area contributed by atoms with Gasteiger partial charge in [-0.05, 0) is 37.1 Å². The first-order valence-electron chi connectivity index (χ1n) is 3.93. The number of aliphatic imine (C=N–C) groups is 1. The summed E-state index contributed by atoms with van der Waals surface area (Å²) in [5, 5.41) is 0. The van der Waals surface area contributed by atoms with Crippen molar-refractivity contribution >= 4 is 5.71 Å². The maximum Gasteiger partial charge on any atom is 0.100 e. The number of hydrogen-bond donors (Lipinski definition) is 0. The summed E-state index contributed by atoms with van der Waals surface area (Å²) < 4.78 is 0. The van der Waals surface area contributed by atoms with Crippen molar-refractivity contribution in [3.05, 3.63) is 42.2 Å². The average Bonchev–Trinajstić information content (AvgIpc) is 2.00. The van der Waals surface area contributed by atoms with Gasteiger partial charge in [0.15, 0.2) is 0 Å². The lowest BCUT2D eigenvalue weighted by Gasteiger charge is -2.17. The van der Waals surface area contributed by atoms with Gasteiger partial charge in [0.05, 0.1) is 0 Å². The minimum Gasteiger partial charge on any atom is -0.277 e. The predicted molar refractivity (Wildman–Crippen MR) is 53.5 cm³/mol. The molecule has 1 heterocycles.